The fourth-order valence-corrected chi connectivity index (χ4v) is 0.198. The lowest BCUT2D eigenvalue weighted by Gasteiger charge is -2.01. The third kappa shape index (κ3) is 5.27. The molecule has 0 aliphatic heterocycles. The van der Waals surface area contributed by atoms with E-state index in [2.05, 4.69) is 17.4 Å². The van der Waals surface area contributed by atoms with Gasteiger partial charge >= 0.3 is 6.09 Å². The summed E-state index contributed by atoms with van der Waals surface area (Å²) in [6.07, 6.45) is -1.13. The molecule has 0 bridgehead atoms. The minimum atomic E-state index is -0.775. The van der Waals surface area contributed by atoms with E-state index in [4.69, 9.17) is 0 Å². The van der Waals surface area contributed by atoms with Crippen LogP contribution in [0.25, 0.3) is 0 Å². The van der Waals surface area contributed by atoms with E-state index in [1.807, 2.05) is 0 Å². The molecule has 0 saturated carbocycles. The van der Waals surface area contributed by atoms with Crippen LogP contribution in [0, 0.1) is 6.92 Å². The summed E-state index contributed by atoms with van der Waals surface area (Å²) in [5.74, 6) is 0. The molecule has 3 heteroatoms. The first-order valence-corrected chi connectivity index (χ1v) is 1.92. The molecule has 0 spiro atoms. The summed E-state index contributed by atoms with van der Waals surface area (Å²) in [6, 6.07) is 0. The molecule has 3 nitrogen and oxygen atoms in total. The molecular weight excluding hydrogens is 94.0 g/mol. The van der Waals surface area contributed by atoms with Crippen molar-refractivity contribution in [1.82, 2.24) is 0 Å². The van der Waals surface area contributed by atoms with Gasteiger partial charge in [0, 0.05) is 0 Å². The van der Waals surface area contributed by atoms with Crippen LogP contribution in [0.2, 0.25) is 0 Å². The summed E-state index contributed by atoms with van der Waals surface area (Å²) in [5, 5.41) is 0. The Morgan fingerprint density at radius 1 is 2.00 bits per heavy atom. The van der Waals surface area contributed by atoms with Crippen LogP contribution in [-0.4, -0.2) is 12.2 Å². The molecule has 1 amide bonds. The molecular formula is C4H8NO2. The van der Waals surface area contributed by atoms with Gasteiger partial charge in [-0.05, 0) is 13.8 Å². The molecule has 1 unspecified atom stereocenters. The Balaban J connectivity index is 3.13. The van der Waals surface area contributed by atoms with Gasteiger partial charge in [0.25, 0.3) is 0 Å². The number of nitrogens with two attached hydrogens (primary N) is 1. The fraction of sp³-hybridized carbons (Fsp3) is 0.500. The molecule has 0 heterocycles. The Morgan fingerprint density at radius 2 is 2.43 bits per heavy atom. The van der Waals surface area contributed by atoms with Crippen molar-refractivity contribution in [1.29, 1.82) is 0 Å². The van der Waals surface area contributed by atoms with Crippen molar-refractivity contribution in [2.24, 2.45) is 5.73 Å². The molecule has 0 aromatic carbocycles. The maximum Gasteiger partial charge on any atom is 0.404 e. The van der Waals surface area contributed by atoms with Crippen molar-refractivity contribution in [3.8, 4) is 0 Å². The smallest absolute Gasteiger partial charge is 0.404 e. The molecule has 0 aliphatic rings. The van der Waals surface area contributed by atoms with Gasteiger partial charge < -0.3 is 10.5 Å². The van der Waals surface area contributed by atoms with Crippen LogP contribution >= 0.6 is 0 Å². The van der Waals surface area contributed by atoms with E-state index in [9.17, 15) is 4.79 Å². The second-order valence-electron chi connectivity index (χ2n) is 1.25. The van der Waals surface area contributed by atoms with E-state index < -0.39 is 6.09 Å². The predicted molar refractivity (Wildman–Crippen MR) is 25.5 cm³/mol. The highest BCUT2D eigenvalue weighted by Gasteiger charge is 1.94. The van der Waals surface area contributed by atoms with Crippen LogP contribution in [-0.2, 0) is 4.74 Å². The lowest BCUT2D eigenvalue weighted by molar-refractivity contribution is 0.136. The van der Waals surface area contributed by atoms with Crippen LogP contribution in [0.3, 0.4) is 0 Å². The molecule has 0 rings (SSSR count). The quantitative estimate of drug-likeness (QED) is 0.517. The molecule has 2 N–H and O–H groups in total. The van der Waals surface area contributed by atoms with Crippen molar-refractivity contribution in [3.05, 3.63) is 6.92 Å². The highest BCUT2D eigenvalue weighted by Crippen LogP contribution is 1.83. The molecule has 1 radical (unpaired) electrons. The average molecular weight is 102 g/mol. The van der Waals surface area contributed by atoms with E-state index in [1.54, 1.807) is 6.92 Å². The Bertz CT molecular complexity index is 70.1. The molecule has 0 saturated heterocycles. The van der Waals surface area contributed by atoms with Gasteiger partial charge in [0.2, 0.25) is 0 Å². The van der Waals surface area contributed by atoms with E-state index in [0.29, 0.717) is 0 Å². The number of carbonyl (C=O) groups excluding carboxylic acids is 1. The van der Waals surface area contributed by atoms with Gasteiger partial charge in [-0.25, -0.2) is 4.79 Å². The van der Waals surface area contributed by atoms with Gasteiger partial charge in [0.15, 0.2) is 0 Å². The predicted octanol–water partition coefficient (Wildman–Crippen LogP) is 0.304. The highest BCUT2D eigenvalue weighted by atomic mass is 16.6. The van der Waals surface area contributed by atoms with Crippen LogP contribution in [0.1, 0.15) is 6.92 Å². The number of rotatable bonds is 1. The lowest BCUT2D eigenvalue weighted by Crippen LogP contribution is -2.17. The standard InChI is InChI=1S/C4H8NO2/c1-3(2)7-4(5)6/h3H,1H2,2H3,(H2,5,6). The Morgan fingerprint density at radius 3 is 2.43 bits per heavy atom. The monoisotopic (exact) mass is 102 g/mol. The van der Waals surface area contributed by atoms with E-state index >= 15 is 0 Å². The summed E-state index contributed by atoms with van der Waals surface area (Å²) in [5.41, 5.74) is 4.59. The Kier molecular flexibility index (Phi) is 2.19. The van der Waals surface area contributed by atoms with Gasteiger partial charge in [-0.2, -0.15) is 0 Å². The topological polar surface area (TPSA) is 52.3 Å². The first-order valence-electron chi connectivity index (χ1n) is 1.92. The van der Waals surface area contributed by atoms with Crippen molar-refractivity contribution in [2.75, 3.05) is 0 Å². The average Bonchev–Trinajstić information content (AvgIpc) is 1.27. The highest BCUT2D eigenvalue weighted by molar-refractivity contribution is 5.64. The van der Waals surface area contributed by atoms with E-state index in [-0.39, 0.29) is 6.10 Å². The molecule has 7 heavy (non-hydrogen) atoms. The van der Waals surface area contributed by atoms with Crippen molar-refractivity contribution in [2.45, 2.75) is 13.0 Å². The van der Waals surface area contributed by atoms with Crippen LogP contribution in [0.4, 0.5) is 4.79 Å². The first kappa shape index (κ1) is 6.27. The summed E-state index contributed by atoms with van der Waals surface area (Å²) in [7, 11) is 0. The number of hydrogen-bond donors (Lipinski definition) is 1. The van der Waals surface area contributed by atoms with Crippen molar-refractivity contribution < 1.29 is 9.53 Å². The first-order chi connectivity index (χ1) is 3.13. The summed E-state index contributed by atoms with van der Waals surface area (Å²) in [4.78, 5) is 9.77. The van der Waals surface area contributed by atoms with Crippen molar-refractivity contribution >= 4 is 6.09 Å². The van der Waals surface area contributed by atoms with E-state index in [0.717, 1.165) is 0 Å². The number of amides is 1. The SMILES string of the molecule is [CH2]C(C)OC(N)=O. The second kappa shape index (κ2) is 2.44. The lowest BCUT2D eigenvalue weighted by atomic mass is 10.5. The molecule has 0 aliphatic carbocycles. The number of carbonyl (C=O) groups is 1. The number of primary amides is 1. The van der Waals surface area contributed by atoms with Crippen LogP contribution < -0.4 is 5.73 Å². The van der Waals surface area contributed by atoms with Gasteiger partial charge in [0.1, 0.15) is 6.10 Å². The minimum Gasteiger partial charge on any atom is -0.447 e. The largest absolute Gasteiger partial charge is 0.447 e. The minimum absolute atomic E-state index is 0.350. The fourth-order valence-electron chi connectivity index (χ4n) is 0.198. The third-order valence-electron chi connectivity index (χ3n) is 0.317. The van der Waals surface area contributed by atoms with Gasteiger partial charge in [-0.1, -0.05) is 0 Å². The zero-order valence-corrected chi connectivity index (χ0v) is 4.18. The zero-order valence-electron chi connectivity index (χ0n) is 4.18. The molecule has 0 fully saturated rings. The summed E-state index contributed by atoms with van der Waals surface area (Å²) < 4.78 is 4.28. The molecule has 41 valence electrons. The number of hydrogen-bond acceptors (Lipinski definition) is 2. The van der Waals surface area contributed by atoms with Gasteiger partial charge in [-0.15, -0.1) is 0 Å². The maximum atomic E-state index is 9.77. The van der Waals surface area contributed by atoms with Gasteiger partial charge in [-0.3, -0.25) is 0 Å². The maximum absolute atomic E-state index is 9.77. The van der Waals surface area contributed by atoms with Gasteiger partial charge in [0.05, 0.1) is 0 Å². The van der Waals surface area contributed by atoms with Crippen molar-refractivity contribution in [3.63, 3.8) is 0 Å². The molecule has 0 aromatic heterocycles. The zero-order chi connectivity index (χ0) is 5.86. The normalized spacial score (nSPS) is 9.00. The molecule has 1 atom stereocenters. The van der Waals surface area contributed by atoms with Crippen LogP contribution in [0.15, 0.2) is 0 Å². The third-order valence-corrected chi connectivity index (χ3v) is 0.317. The Labute approximate surface area is 42.4 Å². The summed E-state index contributed by atoms with van der Waals surface area (Å²) >= 11 is 0. The Hall–Kier alpha value is -0.730. The van der Waals surface area contributed by atoms with E-state index in [1.165, 1.54) is 0 Å². The molecule has 0 aromatic rings. The summed E-state index contributed by atoms with van der Waals surface area (Å²) in [6.45, 7) is 4.99. The van der Waals surface area contributed by atoms with Crippen LogP contribution in [0.5, 0.6) is 0 Å². The second-order valence-corrected chi connectivity index (χ2v) is 1.25. The number of ether oxygens (including phenoxy) is 1.